The molecule has 1 atom stereocenters. The van der Waals surface area contributed by atoms with Crippen LogP contribution in [0.5, 0.6) is 0 Å². The fourth-order valence-corrected chi connectivity index (χ4v) is 3.25. The first-order chi connectivity index (χ1) is 11.0. The average molecular weight is 329 g/mol. The zero-order valence-corrected chi connectivity index (χ0v) is 14.0. The molecular formula is C17H19N3O2S. The van der Waals surface area contributed by atoms with Gasteiger partial charge in [-0.05, 0) is 37.5 Å². The lowest BCUT2D eigenvalue weighted by atomic mass is 9.98. The maximum Gasteiger partial charge on any atom is 0.231 e. The molecule has 3 rings (SSSR count). The second kappa shape index (κ2) is 6.50. The summed E-state index contributed by atoms with van der Waals surface area (Å²) in [6.07, 6.45) is 0.997. The van der Waals surface area contributed by atoms with Gasteiger partial charge < -0.3 is 10.6 Å². The van der Waals surface area contributed by atoms with Gasteiger partial charge in [0.25, 0.3) is 0 Å². The quantitative estimate of drug-likeness (QED) is 0.909. The summed E-state index contributed by atoms with van der Waals surface area (Å²) >= 11 is 1.42. The number of anilines is 1. The molecule has 2 N–H and O–H groups in total. The molecule has 6 heteroatoms. The third-order valence-corrected chi connectivity index (χ3v) is 4.93. The van der Waals surface area contributed by atoms with Crippen LogP contribution in [0.15, 0.2) is 23.6 Å². The van der Waals surface area contributed by atoms with Crippen LogP contribution in [-0.4, -0.2) is 23.3 Å². The number of nitrogens with zero attached hydrogens (tertiary/aromatic N) is 1. The second-order valence-electron chi connectivity index (χ2n) is 5.87. The van der Waals surface area contributed by atoms with E-state index in [-0.39, 0.29) is 17.7 Å². The standard InChI is InChI=1S/C17H19N3O2S/c1-10-3-4-12(7-11(10)2)14-9-23-17(19-14)20-16(22)13-5-6-15(21)18-8-13/h3-4,7,9,13H,5-6,8H2,1-2H3,(H,18,21)(H,19,20,22)/t13-/m1/s1. The highest BCUT2D eigenvalue weighted by molar-refractivity contribution is 7.14. The number of carbonyl (C=O) groups is 2. The van der Waals surface area contributed by atoms with E-state index in [1.54, 1.807) is 0 Å². The van der Waals surface area contributed by atoms with Gasteiger partial charge in [0.1, 0.15) is 0 Å². The van der Waals surface area contributed by atoms with Crippen LogP contribution in [0.2, 0.25) is 0 Å². The molecule has 0 saturated carbocycles. The Balaban J connectivity index is 1.68. The van der Waals surface area contributed by atoms with E-state index in [2.05, 4.69) is 41.6 Å². The minimum absolute atomic E-state index is 0.0142. The molecule has 23 heavy (non-hydrogen) atoms. The lowest BCUT2D eigenvalue weighted by Gasteiger charge is -2.20. The van der Waals surface area contributed by atoms with E-state index in [9.17, 15) is 9.59 Å². The molecule has 1 fully saturated rings. The molecule has 1 aromatic carbocycles. The van der Waals surface area contributed by atoms with E-state index in [1.165, 1.54) is 22.5 Å². The molecule has 1 aliphatic rings. The van der Waals surface area contributed by atoms with Gasteiger partial charge in [-0.15, -0.1) is 11.3 Å². The number of amides is 2. The molecule has 0 aliphatic carbocycles. The minimum Gasteiger partial charge on any atom is -0.355 e. The summed E-state index contributed by atoms with van der Waals surface area (Å²) in [6.45, 7) is 4.56. The molecule has 2 aromatic rings. The Bertz CT molecular complexity index is 744. The fraction of sp³-hybridized carbons (Fsp3) is 0.353. The van der Waals surface area contributed by atoms with Crippen molar-refractivity contribution in [2.45, 2.75) is 26.7 Å². The summed E-state index contributed by atoms with van der Waals surface area (Å²) < 4.78 is 0. The van der Waals surface area contributed by atoms with Crippen LogP contribution >= 0.6 is 11.3 Å². The second-order valence-corrected chi connectivity index (χ2v) is 6.72. The summed E-state index contributed by atoms with van der Waals surface area (Å²) in [5.41, 5.74) is 4.39. The maximum atomic E-state index is 12.2. The Hall–Kier alpha value is -2.21. The van der Waals surface area contributed by atoms with Crippen LogP contribution in [0.25, 0.3) is 11.3 Å². The number of aryl methyl sites for hydroxylation is 2. The molecule has 1 aromatic heterocycles. The lowest BCUT2D eigenvalue weighted by Crippen LogP contribution is -2.40. The topological polar surface area (TPSA) is 71.1 Å². The minimum atomic E-state index is -0.179. The number of rotatable bonds is 3. The van der Waals surface area contributed by atoms with Crippen LogP contribution in [-0.2, 0) is 9.59 Å². The number of nitrogens with one attached hydrogen (secondary N) is 2. The van der Waals surface area contributed by atoms with Crippen molar-refractivity contribution in [2.24, 2.45) is 5.92 Å². The van der Waals surface area contributed by atoms with Gasteiger partial charge in [0, 0.05) is 23.9 Å². The smallest absolute Gasteiger partial charge is 0.231 e. The van der Waals surface area contributed by atoms with E-state index in [4.69, 9.17) is 0 Å². The Labute approximate surface area is 139 Å². The summed E-state index contributed by atoms with van der Waals surface area (Å²) in [4.78, 5) is 27.9. The van der Waals surface area contributed by atoms with Gasteiger partial charge in [-0.3, -0.25) is 9.59 Å². The number of hydrogen-bond acceptors (Lipinski definition) is 4. The predicted octanol–water partition coefficient (Wildman–Crippen LogP) is 2.89. The summed E-state index contributed by atoms with van der Waals surface area (Å²) in [7, 11) is 0. The first kappa shape index (κ1) is 15.7. The Morgan fingerprint density at radius 1 is 1.35 bits per heavy atom. The van der Waals surface area contributed by atoms with E-state index in [0.29, 0.717) is 24.5 Å². The molecule has 0 radical (unpaired) electrons. The van der Waals surface area contributed by atoms with Gasteiger partial charge in [-0.1, -0.05) is 12.1 Å². The van der Waals surface area contributed by atoms with Gasteiger partial charge in [0.15, 0.2) is 5.13 Å². The van der Waals surface area contributed by atoms with Crippen LogP contribution < -0.4 is 10.6 Å². The first-order valence-corrected chi connectivity index (χ1v) is 8.51. The first-order valence-electron chi connectivity index (χ1n) is 7.63. The van der Waals surface area contributed by atoms with Crippen LogP contribution in [0.4, 0.5) is 5.13 Å². The van der Waals surface area contributed by atoms with Crippen molar-refractivity contribution in [1.82, 2.24) is 10.3 Å². The average Bonchev–Trinajstić information content (AvgIpc) is 2.99. The predicted molar refractivity (Wildman–Crippen MR) is 91.4 cm³/mol. The molecular weight excluding hydrogens is 310 g/mol. The van der Waals surface area contributed by atoms with E-state index in [0.717, 1.165) is 11.3 Å². The van der Waals surface area contributed by atoms with E-state index < -0.39 is 0 Å². The van der Waals surface area contributed by atoms with Crippen LogP contribution in [0.1, 0.15) is 24.0 Å². The Morgan fingerprint density at radius 3 is 2.87 bits per heavy atom. The lowest BCUT2D eigenvalue weighted by molar-refractivity contribution is -0.126. The number of aromatic nitrogens is 1. The van der Waals surface area contributed by atoms with Crippen LogP contribution in [0.3, 0.4) is 0 Å². The maximum absolute atomic E-state index is 12.2. The highest BCUT2D eigenvalue weighted by Gasteiger charge is 2.25. The number of thiazole rings is 1. The van der Waals surface area contributed by atoms with Gasteiger partial charge in [0.2, 0.25) is 11.8 Å². The van der Waals surface area contributed by atoms with Crippen molar-refractivity contribution in [3.8, 4) is 11.3 Å². The molecule has 5 nitrogen and oxygen atoms in total. The molecule has 0 bridgehead atoms. The molecule has 120 valence electrons. The molecule has 1 aliphatic heterocycles. The van der Waals surface area contributed by atoms with Gasteiger partial charge in [-0.25, -0.2) is 4.98 Å². The van der Waals surface area contributed by atoms with Crippen LogP contribution in [0, 0.1) is 19.8 Å². The van der Waals surface area contributed by atoms with Crippen molar-refractivity contribution in [2.75, 3.05) is 11.9 Å². The van der Waals surface area contributed by atoms with Crippen molar-refractivity contribution in [3.05, 3.63) is 34.7 Å². The van der Waals surface area contributed by atoms with Gasteiger partial charge in [0.05, 0.1) is 11.6 Å². The van der Waals surface area contributed by atoms with Crippen molar-refractivity contribution < 1.29 is 9.59 Å². The van der Waals surface area contributed by atoms with Gasteiger partial charge >= 0.3 is 0 Å². The molecule has 2 amide bonds. The van der Waals surface area contributed by atoms with Crippen molar-refractivity contribution in [3.63, 3.8) is 0 Å². The number of benzene rings is 1. The normalized spacial score (nSPS) is 17.7. The van der Waals surface area contributed by atoms with Crippen molar-refractivity contribution >= 4 is 28.3 Å². The summed E-state index contributed by atoms with van der Waals surface area (Å²) in [5, 5.41) is 8.13. The van der Waals surface area contributed by atoms with Crippen molar-refractivity contribution in [1.29, 1.82) is 0 Å². The summed E-state index contributed by atoms with van der Waals surface area (Å²) in [5.74, 6) is -0.243. The Kier molecular flexibility index (Phi) is 4.43. The fourth-order valence-electron chi connectivity index (χ4n) is 2.53. The number of piperidine rings is 1. The highest BCUT2D eigenvalue weighted by atomic mass is 32.1. The molecule has 2 heterocycles. The molecule has 0 unspecified atom stereocenters. The summed E-state index contributed by atoms with van der Waals surface area (Å²) in [6, 6.07) is 6.22. The third-order valence-electron chi connectivity index (χ3n) is 4.17. The van der Waals surface area contributed by atoms with E-state index >= 15 is 0 Å². The SMILES string of the molecule is Cc1ccc(-c2csc(NC(=O)[C@@H]3CCC(=O)NC3)n2)cc1C. The molecule has 1 saturated heterocycles. The number of hydrogen-bond donors (Lipinski definition) is 2. The third kappa shape index (κ3) is 3.59. The zero-order valence-electron chi connectivity index (χ0n) is 13.2. The largest absolute Gasteiger partial charge is 0.355 e. The molecule has 0 spiro atoms. The highest BCUT2D eigenvalue weighted by Crippen LogP contribution is 2.27. The van der Waals surface area contributed by atoms with E-state index in [1.807, 2.05) is 11.4 Å². The Morgan fingerprint density at radius 2 is 2.17 bits per heavy atom. The number of carbonyl (C=O) groups excluding carboxylic acids is 2. The zero-order chi connectivity index (χ0) is 16.4. The monoisotopic (exact) mass is 329 g/mol. The van der Waals surface area contributed by atoms with Gasteiger partial charge in [-0.2, -0.15) is 0 Å².